The normalized spacial score (nSPS) is 25.8. The molecule has 2 fully saturated rings. The molecule has 2 amide bonds. The largest absolute Gasteiger partial charge is 0.444 e. The fourth-order valence-corrected chi connectivity index (χ4v) is 5.96. The summed E-state index contributed by atoms with van der Waals surface area (Å²) < 4.78 is 45.0. The molecule has 1 aliphatic heterocycles. The van der Waals surface area contributed by atoms with E-state index in [-0.39, 0.29) is 24.4 Å². The van der Waals surface area contributed by atoms with E-state index < -0.39 is 28.8 Å². The monoisotopic (exact) mass is 481 g/mol. The molecule has 34 heavy (non-hydrogen) atoms. The van der Waals surface area contributed by atoms with Crippen LogP contribution in [0.5, 0.6) is 0 Å². The second-order valence-corrected chi connectivity index (χ2v) is 11.0. The number of alkyl halides is 3. The number of alkyl carbamates (subject to hydrolysis) is 1. The van der Waals surface area contributed by atoms with Crippen LogP contribution in [-0.2, 0) is 28.7 Å². The quantitative estimate of drug-likeness (QED) is 0.641. The first-order valence-corrected chi connectivity index (χ1v) is 12.2. The Morgan fingerprint density at radius 3 is 2.53 bits per heavy atom. The highest BCUT2D eigenvalue weighted by molar-refractivity contribution is 5.84. The predicted octanol–water partition coefficient (Wildman–Crippen LogP) is 5.24. The molecule has 0 saturated heterocycles. The van der Waals surface area contributed by atoms with Gasteiger partial charge in [0.25, 0.3) is 0 Å². The third-order valence-electron chi connectivity index (χ3n) is 7.49. The number of fused-ring (bicyclic) bond motifs is 1. The number of aromatic nitrogens is 1. The van der Waals surface area contributed by atoms with Crippen molar-refractivity contribution >= 4 is 12.0 Å². The molecule has 0 bridgehead atoms. The smallest absolute Gasteiger partial charge is 0.417 e. The summed E-state index contributed by atoms with van der Waals surface area (Å²) >= 11 is 0. The fraction of sp³-hybridized carbons (Fsp3) is 0.720. The zero-order valence-corrected chi connectivity index (χ0v) is 20.1. The summed E-state index contributed by atoms with van der Waals surface area (Å²) in [5.74, 6) is 0.238. The lowest BCUT2D eigenvalue weighted by molar-refractivity contribution is -0.146. The number of carbonyl (C=O) groups is 2. The Morgan fingerprint density at radius 2 is 1.88 bits per heavy atom. The lowest BCUT2D eigenvalue weighted by atomic mass is 9.71. The third-order valence-corrected chi connectivity index (χ3v) is 7.49. The van der Waals surface area contributed by atoms with Crippen molar-refractivity contribution < 1.29 is 27.5 Å². The average molecular weight is 482 g/mol. The first kappa shape index (κ1) is 24.8. The number of nitrogens with one attached hydrogen (secondary N) is 1. The van der Waals surface area contributed by atoms with Crippen molar-refractivity contribution in [3.63, 3.8) is 0 Å². The molecule has 188 valence electrons. The molecule has 9 heteroatoms. The Labute approximate surface area is 198 Å². The van der Waals surface area contributed by atoms with Crippen molar-refractivity contribution in [2.45, 2.75) is 96.5 Å². The van der Waals surface area contributed by atoms with Crippen molar-refractivity contribution in [2.75, 3.05) is 6.54 Å². The summed E-state index contributed by atoms with van der Waals surface area (Å²) in [5, 5.41) is 2.94. The van der Waals surface area contributed by atoms with E-state index in [1.807, 2.05) is 0 Å². The summed E-state index contributed by atoms with van der Waals surface area (Å²) in [4.78, 5) is 32.1. The number of hydrogen-bond acceptors (Lipinski definition) is 4. The van der Waals surface area contributed by atoms with Gasteiger partial charge in [0.2, 0.25) is 5.91 Å². The maximum Gasteiger partial charge on any atom is 0.417 e. The van der Waals surface area contributed by atoms with Crippen LogP contribution in [0.2, 0.25) is 0 Å². The number of ether oxygens (including phenoxy) is 1. The van der Waals surface area contributed by atoms with Crippen molar-refractivity contribution in [1.82, 2.24) is 15.2 Å². The van der Waals surface area contributed by atoms with Gasteiger partial charge in [-0.25, -0.2) is 4.79 Å². The molecule has 0 spiro atoms. The zero-order valence-electron chi connectivity index (χ0n) is 20.1. The van der Waals surface area contributed by atoms with Gasteiger partial charge < -0.3 is 15.0 Å². The summed E-state index contributed by atoms with van der Waals surface area (Å²) in [5.41, 5.74) is -0.886. The molecule has 4 rings (SSSR count). The first-order chi connectivity index (χ1) is 15.9. The minimum absolute atomic E-state index is 0.0101. The van der Waals surface area contributed by atoms with E-state index in [0.29, 0.717) is 43.5 Å². The van der Waals surface area contributed by atoms with Gasteiger partial charge in [-0.1, -0.05) is 12.8 Å². The Kier molecular flexibility index (Phi) is 6.59. The van der Waals surface area contributed by atoms with Crippen molar-refractivity contribution in [3.8, 4) is 0 Å². The average Bonchev–Trinajstić information content (AvgIpc) is 3.41. The van der Waals surface area contributed by atoms with E-state index >= 15 is 0 Å². The van der Waals surface area contributed by atoms with Gasteiger partial charge in [-0.3, -0.25) is 9.78 Å². The topological polar surface area (TPSA) is 71.5 Å². The molecular formula is C25H34F3N3O3. The van der Waals surface area contributed by atoms with Crippen LogP contribution in [0.25, 0.3) is 0 Å². The molecular weight excluding hydrogens is 447 g/mol. The number of amides is 2. The molecule has 0 radical (unpaired) electrons. The standard InChI is InChI=1S/C25H34F3N3O3/c1-23(2,3)34-22(33)30-19-8-10-24(13-19,17-6-4-5-7-17)21(32)31-11-9-20-16(15-31)12-18(14-29-20)25(26,27)28/h12,14,17,19H,4-11,13,15H2,1-3H3,(H,30,33). The maximum atomic E-state index is 14.0. The second-order valence-electron chi connectivity index (χ2n) is 11.0. The van der Waals surface area contributed by atoms with Gasteiger partial charge in [-0.2, -0.15) is 13.2 Å². The van der Waals surface area contributed by atoms with E-state index in [1.165, 1.54) is 0 Å². The Balaban J connectivity index is 1.52. The van der Waals surface area contributed by atoms with E-state index in [1.54, 1.807) is 25.7 Å². The number of nitrogens with zero attached hydrogens (tertiary/aromatic N) is 2. The highest BCUT2D eigenvalue weighted by atomic mass is 19.4. The number of rotatable bonds is 3. The summed E-state index contributed by atoms with van der Waals surface area (Å²) in [6.45, 7) is 6.01. The molecule has 2 unspecified atom stereocenters. The van der Waals surface area contributed by atoms with Gasteiger partial charge in [-0.15, -0.1) is 0 Å². The first-order valence-electron chi connectivity index (χ1n) is 12.2. The summed E-state index contributed by atoms with van der Waals surface area (Å²) in [7, 11) is 0. The highest BCUT2D eigenvalue weighted by Gasteiger charge is 2.53. The Bertz CT molecular complexity index is 938. The zero-order chi connectivity index (χ0) is 24.7. The minimum Gasteiger partial charge on any atom is -0.444 e. The Morgan fingerprint density at radius 1 is 1.18 bits per heavy atom. The van der Waals surface area contributed by atoms with Crippen LogP contribution >= 0.6 is 0 Å². The molecule has 6 nitrogen and oxygen atoms in total. The van der Waals surface area contributed by atoms with Crippen LogP contribution in [-0.4, -0.2) is 40.1 Å². The molecule has 2 atom stereocenters. The summed E-state index contributed by atoms with van der Waals surface area (Å²) in [6.07, 6.45) is 2.35. The van der Waals surface area contributed by atoms with Crippen LogP contribution in [0.4, 0.5) is 18.0 Å². The molecule has 1 aromatic heterocycles. The molecule has 2 aliphatic carbocycles. The lowest BCUT2D eigenvalue weighted by Crippen LogP contribution is -2.49. The molecule has 1 N–H and O–H groups in total. The lowest BCUT2D eigenvalue weighted by Gasteiger charge is -2.40. The van der Waals surface area contributed by atoms with E-state index in [2.05, 4.69) is 10.3 Å². The van der Waals surface area contributed by atoms with E-state index in [4.69, 9.17) is 4.74 Å². The second kappa shape index (κ2) is 9.04. The van der Waals surface area contributed by atoms with Gasteiger partial charge in [-0.05, 0) is 70.4 Å². The van der Waals surface area contributed by atoms with Crippen LogP contribution in [0.15, 0.2) is 12.3 Å². The molecule has 2 saturated carbocycles. The number of halogens is 3. The van der Waals surface area contributed by atoms with Crippen molar-refractivity contribution in [2.24, 2.45) is 11.3 Å². The molecule has 3 aliphatic rings. The third kappa shape index (κ3) is 5.18. The van der Waals surface area contributed by atoms with Crippen LogP contribution < -0.4 is 5.32 Å². The van der Waals surface area contributed by atoms with Crippen LogP contribution in [0, 0.1) is 11.3 Å². The number of pyridine rings is 1. The van der Waals surface area contributed by atoms with E-state index in [9.17, 15) is 22.8 Å². The highest BCUT2D eigenvalue weighted by Crippen LogP contribution is 2.52. The Hall–Kier alpha value is -2.32. The predicted molar refractivity (Wildman–Crippen MR) is 120 cm³/mol. The maximum absolute atomic E-state index is 14.0. The van der Waals surface area contributed by atoms with Crippen molar-refractivity contribution in [1.29, 1.82) is 0 Å². The van der Waals surface area contributed by atoms with Gasteiger partial charge in [0.05, 0.1) is 11.0 Å². The van der Waals surface area contributed by atoms with Gasteiger partial charge in [0.15, 0.2) is 0 Å². The van der Waals surface area contributed by atoms with Gasteiger partial charge in [0.1, 0.15) is 5.60 Å². The number of hydrogen-bond donors (Lipinski definition) is 1. The van der Waals surface area contributed by atoms with Gasteiger partial charge in [0, 0.05) is 37.4 Å². The molecule has 1 aromatic rings. The van der Waals surface area contributed by atoms with Crippen LogP contribution in [0.3, 0.4) is 0 Å². The van der Waals surface area contributed by atoms with Crippen molar-refractivity contribution in [3.05, 3.63) is 29.1 Å². The molecule has 2 heterocycles. The van der Waals surface area contributed by atoms with E-state index in [0.717, 1.165) is 37.9 Å². The van der Waals surface area contributed by atoms with Crippen LogP contribution in [0.1, 0.15) is 82.5 Å². The SMILES string of the molecule is CC(C)(C)OC(=O)NC1CCC(C(=O)N2CCc3ncc(C(F)(F)F)cc3C2)(C2CCCC2)C1. The number of carbonyl (C=O) groups excluding carboxylic acids is 2. The minimum atomic E-state index is -4.47. The molecule has 0 aromatic carbocycles. The fourth-order valence-electron chi connectivity index (χ4n) is 5.96. The summed E-state index contributed by atoms with van der Waals surface area (Å²) in [6, 6.07) is 0.973. The van der Waals surface area contributed by atoms with Gasteiger partial charge >= 0.3 is 12.3 Å².